The molecule has 1 amide bonds. The molecule has 17 heavy (non-hydrogen) atoms. The van der Waals surface area contributed by atoms with Crippen molar-refractivity contribution in [2.24, 2.45) is 0 Å². The van der Waals surface area contributed by atoms with E-state index in [0.29, 0.717) is 27.7 Å². The molecule has 0 spiro atoms. The van der Waals surface area contributed by atoms with Crippen molar-refractivity contribution in [1.29, 1.82) is 0 Å². The molecule has 0 saturated heterocycles. The third kappa shape index (κ3) is 2.70. The van der Waals surface area contributed by atoms with Crippen LogP contribution in [0.15, 0.2) is 10.7 Å². The maximum Gasteiger partial charge on any atom is 0.279 e. The molecule has 0 aliphatic carbocycles. The highest BCUT2D eigenvalue weighted by molar-refractivity contribution is 9.10. The van der Waals surface area contributed by atoms with E-state index in [0.717, 1.165) is 11.5 Å². The van der Waals surface area contributed by atoms with E-state index in [2.05, 4.69) is 35.7 Å². The third-order valence-electron chi connectivity index (χ3n) is 2.00. The zero-order valence-corrected chi connectivity index (χ0v) is 11.7. The molecule has 8 heteroatoms. The first-order valence-corrected chi connectivity index (χ1v) is 6.51. The van der Waals surface area contributed by atoms with Crippen LogP contribution in [0.25, 0.3) is 0 Å². The predicted molar refractivity (Wildman–Crippen MR) is 68.2 cm³/mol. The van der Waals surface area contributed by atoms with Gasteiger partial charge in [-0.25, -0.2) is 4.98 Å². The summed E-state index contributed by atoms with van der Waals surface area (Å²) in [4.78, 5) is 16.0. The lowest BCUT2D eigenvalue weighted by Crippen LogP contribution is -2.13. The summed E-state index contributed by atoms with van der Waals surface area (Å²) in [6, 6.07) is 0. The highest BCUT2D eigenvalue weighted by Crippen LogP contribution is 2.17. The molecular formula is C9H10BrN5OS. The predicted octanol–water partition coefficient (Wildman–Crippen LogP) is 2.08. The molecule has 0 atom stereocenters. The molecule has 1 N–H and O–H groups in total. The first-order chi connectivity index (χ1) is 8.10. The van der Waals surface area contributed by atoms with Gasteiger partial charge in [0.15, 0.2) is 5.69 Å². The number of hydrogen-bond acceptors (Lipinski definition) is 5. The monoisotopic (exact) mass is 315 g/mol. The average Bonchev–Trinajstić information content (AvgIpc) is 2.85. The Labute approximate surface area is 110 Å². The second-order valence-electron chi connectivity index (χ2n) is 3.28. The van der Waals surface area contributed by atoms with E-state index in [4.69, 9.17) is 0 Å². The quantitative estimate of drug-likeness (QED) is 0.941. The fourth-order valence-electron chi connectivity index (χ4n) is 1.22. The topological polar surface area (TPSA) is 72.7 Å². The zero-order chi connectivity index (χ0) is 12.4. The second kappa shape index (κ2) is 4.92. The van der Waals surface area contributed by atoms with Gasteiger partial charge in [-0.2, -0.15) is 9.47 Å². The first kappa shape index (κ1) is 12.2. The molecule has 0 radical (unpaired) electrons. The van der Waals surface area contributed by atoms with E-state index < -0.39 is 0 Å². The van der Waals surface area contributed by atoms with Crippen LogP contribution >= 0.6 is 27.5 Å². The number of nitrogens with zero attached hydrogens (tertiary/aromatic N) is 4. The molecule has 2 rings (SSSR count). The molecule has 0 bridgehead atoms. The van der Waals surface area contributed by atoms with Gasteiger partial charge >= 0.3 is 0 Å². The third-order valence-corrected chi connectivity index (χ3v) is 3.31. The van der Waals surface area contributed by atoms with Gasteiger partial charge in [0.1, 0.15) is 5.82 Å². The SMILES string of the molecule is CCn1cc(Br)c(C(=O)Nc2nc(C)ns2)n1. The Balaban J connectivity index is 2.16. The summed E-state index contributed by atoms with van der Waals surface area (Å²) in [7, 11) is 0. The van der Waals surface area contributed by atoms with E-state index in [-0.39, 0.29) is 5.91 Å². The zero-order valence-electron chi connectivity index (χ0n) is 9.27. The molecular weight excluding hydrogens is 306 g/mol. The number of aromatic nitrogens is 4. The van der Waals surface area contributed by atoms with Gasteiger partial charge in [-0.3, -0.25) is 14.8 Å². The van der Waals surface area contributed by atoms with Crippen molar-refractivity contribution in [2.45, 2.75) is 20.4 Å². The number of nitrogens with one attached hydrogen (secondary N) is 1. The molecule has 6 nitrogen and oxygen atoms in total. The lowest BCUT2D eigenvalue weighted by molar-refractivity contribution is 0.102. The van der Waals surface area contributed by atoms with E-state index in [1.54, 1.807) is 17.8 Å². The largest absolute Gasteiger partial charge is 0.295 e. The number of rotatable bonds is 3. The van der Waals surface area contributed by atoms with Crippen molar-refractivity contribution in [2.75, 3.05) is 5.32 Å². The van der Waals surface area contributed by atoms with Gasteiger partial charge < -0.3 is 0 Å². The summed E-state index contributed by atoms with van der Waals surface area (Å²) in [5, 5.41) is 7.28. The van der Waals surface area contributed by atoms with E-state index in [1.165, 1.54) is 0 Å². The van der Waals surface area contributed by atoms with E-state index in [1.807, 2.05) is 6.92 Å². The fourth-order valence-corrected chi connectivity index (χ4v) is 2.28. The number of hydrogen-bond donors (Lipinski definition) is 1. The van der Waals surface area contributed by atoms with Crippen LogP contribution in [0.5, 0.6) is 0 Å². The normalized spacial score (nSPS) is 10.5. The summed E-state index contributed by atoms with van der Waals surface area (Å²) >= 11 is 4.45. The number of carbonyl (C=O) groups is 1. The van der Waals surface area contributed by atoms with Crippen molar-refractivity contribution >= 4 is 38.5 Å². The molecule has 0 saturated carbocycles. The van der Waals surface area contributed by atoms with Crippen LogP contribution < -0.4 is 5.32 Å². The van der Waals surface area contributed by atoms with Crippen molar-refractivity contribution in [1.82, 2.24) is 19.1 Å². The number of halogens is 1. The number of amides is 1. The highest BCUT2D eigenvalue weighted by atomic mass is 79.9. The Hall–Kier alpha value is -1.28. The minimum Gasteiger partial charge on any atom is -0.295 e. The number of aryl methyl sites for hydroxylation is 2. The fraction of sp³-hybridized carbons (Fsp3) is 0.333. The minimum absolute atomic E-state index is 0.291. The molecule has 0 aliphatic heterocycles. The van der Waals surface area contributed by atoms with Crippen LogP contribution in [0.4, 0.5) is 5.13 Å². The van der Waals surface area contributed by atoms with E-state index >= 15 is 0 Å². The maximum atomic E-state index is 11.9. The van der Waals surface area contributed by atoms with Crippen molar-refractivity contribution in [3.8, 4) is 0 Å². The molecule has 0 unspecified atom stereocenters. The van der Waals surface area contributed by atoms with Gasteiger partial charge in [0, 0.05) is 24.3 Å². The highest BCUT2D eigenvalue weighted by Gasteiger charge is 2.16. The van der Waals surface area contributed by atoms with Crippen LogP contribution in [0.3, 0.4) is 0 Å². The Morgan fingerprint density at radius 3 is 2.94 bits per heavy atom. The van der Waals surface area contributed by atoms with Crippen LogP contribution in [-0.4, -0.2) is 25.0 Å². The molecule has 0 fully saturated rings. The molecule has 2 aromatic heterocycles. The Kier molecular flexibility index (Phi) is 3.53. The standard InChI is InChI=1S/C9H10BrN5OS/c1-3-15-4-6(10)7(13-15)8(16)12-9-11-5(2)14-17-9/h4H,3H2,1-2H3,(H,11,12,14,16). The van der Waals surface area contributed by atoms with Gasteiger partial charge in [-0.15, -0.1) is 0 Å². The number of anilines is 1. The smallest absolute Gasteiger partial charge is 0.279 e. The lowest BCUT2D eigenvalue weighted by Gasteiger charge is -1.97. The van der Waals surface area contributed by atoms with Gasteiger partial charge in [0.2, 0.25) is 5.13 Å². The molecule has 0 aromatic carbocycles. The Bertz CT molecular complexity index is 549. The van der Waals surface area contributed by atoms with Gasteiger partial charge in [-0.05, 0) is 29.8 Å². The molecule has 2 heterocycles. The van der Waals surface area contributed by atoms with Crippen molar-refractivity contribution < 1.29 is 4.79 Å². The molecule has 0 aliphatic rings. The van der Waals surface area contributed by atoms with E-state index in [9.17, 15) is 4.79 Å². The second-order valence-corrected chi connectivity index (χ2v) is 4.89. The van der Waals surface area contributed by atoms with Crippen LogP contribution in [0.1, 0.15) is 23.2 Å². The lowest BCUT2D eigenvalue weighted by atomic mass is 10.4. The van der Waals surface area contributed by atoms with Crippen LogP contribution in [-0.2, 0) is 6.54 Å². The first-order valence-electron chi connectivity index (χ1n) is 4.94. The van der Waals surface area contributed by atoms with Crippen molar-refractivity contribution in [3.05, 3.63) is 22.2 Å². The minimum atomic E-state index is -0.291. The Morgan fingerprint density at radius 2 is 2.41 bits per heavy atom. The summed E-state index contributed by atoms with van der Waals surface area (Å²) in [6.07, 6.45) is 1.76. The Morgan fingerprint density at radius 1 is 1.65 bits per heavy atom. The van der Waals surface area contributed by atoms with Gasteiger partial charge in [0.25, 0.3) is 5.91 Å². The summed E-state index contributed by atoms with van der Waals surface area (Å²) in [5.41, 5.74) is 0.347. The van der Waals surface area contributed by atoms with Gasteiger partial charge in [0.05, 0.1) is 4.47 Å². The summed E-state index contributed by atoms with van der Waals surface area (Å²) < 4.78 is 6.34. The number of carbonyl (C=O) groups excluding carboxylic acids is 1. The van der Waals surface area contributed by atoms with Gasteiger partial charge in [-0.1, -0.05) is 0 Å². The van der Waals surface area contributed by atoms with Crippen molar-refractivity contribution in [3.63, 3.8) is 0 Å². The summed E-state index contributed by atoms with van der Waals surface area (Å²) in [5.74, 6) is 0.351. The molecule has 90 valence electrons. The molecule has 2 aromatic rings. The van der Waals surface area contributed by atoms with Crippen LogP contribution in [0.2, 0.25) is 0 Å². The maximum absolute atomic E-state index is 11.9. The average molecular weight is 316 g/mol. The van der Waals surface area contributed by atoms with Crippen LogP contribution in [0, 0.1) is 6.92 Å². The summed E-state index contributed by atoms with van der Waals surface area (Å²) in [6.45, 7) is 4.44.